The fourth-order valence-corrected chi connectivity index (χ4v) is 1.77. The molecule has 0 bridgehead atoms. The second-order valence-electron chi connectivity index (χ2n) is 3.18. The Kier molecular flexibility index (Phi) is 5.78. The van der Waals surface area contributed by atoms with E-state index in [9.17, 15) is 4.79 Å². The summed E-state index contributed by atoms with van der Waals surface area (Å²) in [6.07, 6.45) is 0.860. The van der Waals surface area contributed by atoms with E-state index in [1.807, 2.05) is 31.2 Å². The summed E-state index contributed by atoms with van der Waals surface area (Å²) in [6, 6.07) is 7.60. The number of thioether (sulfide) groups is 1. The molecule has 0 atom stereocenters. The molecule has 0 aromatic heterocycles. The summed E-state index contributed by atoms with van der Waals surface area (Å²) >= 11 is 1.47. The highest BCUT2D eigenvalue weighted by molar-refractivity contribution is 8.00. The van der Waals surface area contributed by atoms with Gasteiger partial charge in [-0.15, -0.1) is 11.8 Å². The van der Waals surface area contributed by atoms with E-state index in [1.54, 1.807) is 7.11 Å². The van der Waals surface area contributed by atoms with Crippen LogP contribution in [0.25, 0.3) is 0 Å². The molecule has 0 radical (unpaired) electrons. The van der Waals surface area contributed by atoms with Crippen molar-refractivity contribution in [3.05, 3.63) is 24.3 Å². The van der Waals surface area contributed by atoms with Crippen molar-refractivity contribution in [2.45, 2.75) is 18.2 Å². The molecule has 16 heavy (non-hydrogen) atoms. The third kappa shape index (κ3) is 4.57. The molecule has 4 heteroatoms. The quantitative estimate of drug-likeness (QED) is 0.566. The van der Waals surface area contributed by atoms with Crippen molar-refractivity contribution in [1.82, 2.24) is 0 Å². The number of ether oxygens (including phenoxy) is 2. The van der Waals surface area contributed by atoms with E-state index in [2.05, 4.69) is 0 Å². The van der Waals surface area contributed by atoms with E-state index in [0.717, 1.165) is 17.1 Å². The van der Waals surface area contributed by atoms with E-state index >= 15 is 0 Å². The van der Waals surface area contributed by atoms with E-state index in [0.29, 0.717) is 12.4 Å². The number of esters is 1. The predicted molar refractivity (Wildman–Crippen MR) is 65.0 cm³/mol. The van der Waals surface area contributed by atoms with Gasteiger partial charge in [0.05, 0.1) is 19.5 Å². The van der Waals surface area contributed by atoms with Gasteiger partial charge in [0, 0.05) is 4.90 Å². The molecule has 1 rings (SSSR count). The number of rotatable bonds is 6. The van der Waals surface area contributed by atoms with Gasteiger partial charge in [0.15, 0.2) is 0 Å². The van der Waals surface area contributed by atoms with Crippen molar-refractivity contribution in [2.75, 3.05) is 19.5 Å². The molecule has 88 valence electrons. The zero-order valence-electron chi connectivity index (χ0n) is 9.56. The molecule has 3 nitrogen and oxygen atoms in total. The number of hydrogen-bond acceptors (Lipinski definition) is 4. The largest absolute Gasteiger partial charge is 0.497 e. The molecule has 0 amide bonds. The van der Waals surface area contributed by atoms with Crippen molar-refractivity contribution < 1.29 is 14.3 Å². The second kappa shape index (κ2) is 7.17. The minimum Gasteiger partial charge on any atom is -0.497 e. The van der Waals surface area contributed by atoms with Crippen LogP contribution in [0.2, 0.25) is 0 Å². The highest BCUT2D eigenvalue weighted by Crippen LogP contribution is 2.21. The van der Waals surface area contributed by atoms with Crippen LogP contribution in [0.15, 0.2) is 29.2 Å². The molecule has 0 aliphatic heterocycles. The number of benzene rings is 1. The first-order valence-corrected chi connectivity index (χ1v) is 6.17. The van der Waals surface area contributed by atoms with Crippen LogP contribution in [-0.2, 0) is 9.53 Å². The van der Waals surface area contributed by atoms with E-state index in [1.165, 1.54) is 11.8 Å². The van der Waals surface area contributed by atoms with Gasteiger partial charge in [0.25, 0.3) is 0 Å². The highest BCUT2D eigenvalue weighted by atomic mass is 32.2. The van der Waals surface area contributed by atoms with Crippen molar-refractivity contribution in [3.8, 4) is 5.75 Å². The Labute approximate surface area is 100 Å². The fourth-order valence-electron chi connectivity index (χ4n) is 1.07. The fraction of sp³-hybridized carbons (Fsp3) is 0.417. The van der Waals surface area contributed by atoms with Gasteiger partial charge in [-0.05, 0) is 30.7 Å². The minimum atomic E-state index is -0.164. The zero-order valence-corrected chi connectivity index (χ0v) is 10.4. The summed E-state index contributed by atoms with van der Waals surface area (Å²) in [5.74, 6) is 1.01. The molecular weight excluding hydrogens is 224 g/mol. The van der Waals surface area contributed by atoms with Gasteiger partial charge in [-0.2, -0.15) is 0 Å². The van der Waals surface area contributed by atoms with Gasteiger partial charge < -0.3 is 9.47 Å². The number of carbonyl (C=O) groups is 1. The first kappa shape index (κ1) is 12.9. The van der Waals surface area contributed by atoms with Crippen LogP contribution in [0.1, 0.15) is 13.3 Å². The van der Waals surface area contributed by atoms with E-state index < -0.39 is 0 Å². The molecule has 0 aliphatic carbocycles. The Balaban J connectivity index is 2.33. The Bertz CT molecular complexity index is 322. The second-order valence-corrected chi connectivity index (χ2v) is 4.23. The third-order valence-corrected chi connectivity index (χ3v) is 2.87. The maximum Gasteiger partial charge on any atom is 0.316 e. The van der Waals surface area contributed by atoms with Crippen LogP contribution >= 0.6 is 11.8 Å². The molecule has 0 unspecified atom stereocenters. The van der Waals surface area contributed by atoms with Crippen LogP contribution < -0.4 is 4.74 Å². The van der Waals surface area contributed by atoms with Crippen LogP contribution in [-0.4, -0.2) is 25.4 Å². The summed E-state index contributed by atoms with van der Waals surface area (Å²) in [6.45, 7) is 2.48. The normalized spacial score (nSPS) is 9.88. The van der Waals surface area contributed by atoms with Crippen molar-refractivity contribution in [3.63, 3.8) is 0 Å². The van der Waals surface area contributed by atoms with Gasteiger partial charge in [-0.25, -0.2) is 0 Å². The Morgan fingerprint density at radius 2 is 2.00 bits per heavy atom. The predicted octanol–water partition coefficient (Wildman–Crippen LogP) is 2.74. The molecule has 0 heterocycles. The molecule has 0 spiro atoms. The molecule has 0 saturated carbocycles. The molecule has 1 aromatic rings. The van der Waals surface area contributed by atoms with Gasteiger partial charge in [0.2, 0.25) is 0 Å². The molecule has 0 aliphatic rings. The van der Waals surface area contributed by atoms with Crippen LogP contribution in [0.4, 0.5) is 0 Å². The van der Waals surface area contributed by atoms with Gasteiger partial charge >= 0.3 is 5.97 Å². The van der Waals surface area contributed by atoms with Crippen LogP contribution in [0, 0.1) is 0 Å². The summed E-state index contributed by atoms with van der Waals surface area (Å²) in [5.41, 5.74) is 0. The standard InChI is InChI=1S/C12H16O3S/c1-3-8-15-12(13)9-16-11-6-4-10(14-2)5-7-11/h4-7H,3,8-9H2,1-2H3. The number of hydrogen-bond donors (Lipinski definition) is 0. The first-order valence-electron chi connectivity index (χ1n) is 5.18. The summed E-state index contributed by atoms with van der Waals surface area (Å²) in [4.78, 5) is 12.3. The average Bonchev–Trinajstić information content (AvgIpc) is 2.34. The van der Waals surface area contributed by atoms with E-state index in [4.69, 9.17) is 9.47 Å². The van der Waals surface area contributed by atoms with Crippen molar-refractivity contribution in [1.29, 1.82) is 0 Å². The van der Waals surface area contributed by atoms with Crippen molar-refractivity contribution in [2.24, 2.45) is 0 Å². The summed E-state index contributed by atoms with van der Waals surface area (Å²) < 4.78 is 10.0. The van der Waals surface area contributed by atoms with Gasteiger partial charge in [-0.1, -0.05) is 6.92 Å². The lowest BCUT2D eigenvalue weighted by Crippen LogP contribution is -2.07. The number of carbonyl (C=O) groups excluding carboxylic acids is 1. The molecule has 0 saturated heterocycles. The number of methoxy groups -OCH3 is 1. The Hall–Kier alpha value is -1.16. The summed E-state index contributed by atoms with van der Waals surface area (Å²) in [5, 5.41) is 0. The van der Waals surface area contributed by atoms with Gasteiger partial charge in [0.1, 0.15) is 5.75 Å². The smallest absolute Gasteiger partial charge is 0.316 e. The highest BCUT2D eigenvalue weighted by Gasteiger charge is 2.03. The van der Waals surface area contributed by atoms with Gasteiger partial charge in [-0.3, -0.25) is 4.79 Å². The third-order valence-electron chi connectivity index (χ3n) is 1.88. The molecule has 0 fully saturated rings. The monoisotopic (exact) mass is 240 g/mol. The molecule has 0 N–H and O–H groups in total. The van der Waals surface area contributed by atoms with Crippen LogP contribution in [0.5, 0.6) is 5.75 Å². The minimum absolute atomic E-state index is 0.164. The first-order chi connectivity index (χ1) is 7.76. The van der Waals surface area contributed by atoms with E-state index in [-0.39, 0.29) is 5.97 Å². The lowest BCUT2D eigenvalue weighted by atomic mass is 10.3. The lowest BCUT2D eigenvalue weighted by Gasteiger charge is -2.04. The Morgan fingerprint density at radius 1 is 1.31 bits per heavy atom. The molecule has 1 aromatic carbocycles. The molecular formula is C12H16O3S. The maximum atomic E-state index is 11.2. The SMILES string of the molecule is CCCOC(=O)CSc1ccc(OC)cc1. The Morgan fingerprint density at radius 3 is 2.56 bits per heavy atom. The zero-order chi connectivity index (χ0) is 11.8. The average molecular weight is 240 g/mol. The topological polar surface area (TPSA) is 35.5 Å². The van der Waals surface area contributed by atoms with Crippen LogP contribution in [0.3, 0.4) is 0 Å². The summed E-state index contributed by atoms with van der Waals surface area (Å²) in [7, 11) is 1.63. The maximum absolute atomic E-state index is 11.2. The van der Waals surface area contributed by atoms with Crippen molar-refractivity contribution >= 4 is 17.7 Å². The lowest BCUT2D eigenvalue weighted by molar-refractivity contribution is -0.140.